The van der Waals surface area contributed by atoms with Gasteiger partial charge in [0.1, 0.15) is 12.1 Å². The molecule has 1 N–H and O–H groups in total. The highest BCUT2D eigenvalue weighted by molar-refractivity contribution is 5.86. The van der Waals surface area contributed by atoms with Crippen LogP contribution in [0.15, 0.2) is 12.4 Å². The van der Waals surface area contributed by atoms with Gasteiger partial charge in [-0.25, -0.2) is 9.97 Å². The number of likely N-dealkylation sites (tertiary alicyclic amines) is 1. The van der Waals surface area contributed by atoms with Crippen LogP contribution in [0.3, 0.4) is 0 Å². The number of carbonyl (C=O) groups is 1. The summed E-state index contributed by atoms with van der Waals surface area (Å²) in [6, 6.07) is 1.64. The van der Waals surface area contributed by atoms with E-state index in [1.165, 1.54) is 12.4 Å². The van der Waals surface area contributed by atoms with Crippen LogP contribution >= 0.6 is 0 Å². The van der Waals surface area contributed by atoms with Gasteiger partial charge in [-0.05, 0) is 6.42 Å². The summed E-state index contributed by atoms with van der Waals surface area (Å²) in [5.41, 5.74) is 0.213. The highest BCUT2D eigenvalue weighted by Gasteiger charge is 2.29. The molecule has 0 aromatic carbocycles. The molecule has 0 radical (unpaired) electrons. The number of anilines is 1. The first-order valence-corrected chi connectivity index (χ1v) is 4.95. The minimum absolute atomic E-state index is 0.0227. The van der Waals surface area contributed by atoms with E-state index < -0.39 is 0 Å². The van der Waals surface area contributed by atoms with Crippen LogP contribution in [0, 0.1) is 11.3 Å². The average Bonchev–Trinajstić information content (AvgIpc) is 2.62. The summed E-state index contributed by atoms with van der Waals surface area (Å²) < 4.78 is 0. The summed E-state index contributed by atoms with van der Waals surface area (Å²) in [5, 5.41) is 11.8. The smallest absolute Gasteiger partial charge is 0.244 e. The molecule has 0 bridgehead atoms. The first-order valence-electron chi connectivity index (χ1n) is 4.95. The summed E-state index contributed by atoms with van der Waals surface area (Å²) in [4.78, 5) is 21.2. The number of nitriles is 1. The van der Waals surface area contributed by atoms with Crippen molar-refractivity contribution in [3.63, 3.8) is 0 Å². The van der Waals surface area contributed by atoms with Gasteiger partial charge in [0, 0.05) is 26.0 Å². The number of hydrogen-bond donors (Lipinski definition) is 1. The van der Waals surface area contributed by atoms with Crippen molar-refractivity contribution in [2.75, 3.05) is 18.9 Å². The molecular formula is C10H11N5O. The molecule has 1 aromatic rings. The number of nitrogens with one attached hydrogen (secondary N) is 1. The topological polar surface area (TPSA) is 81.9 Å². The van der Waals surface area contributed by atoms with E-state index >= 15 is 0 Å². The van der Waals surface area contributed by atoms with Crippen molar-refractivity contribution in [3.05, 3.63) is 18.1 Å². The first-order chi connectivity index (χ1) is 7.72. The molecule has 1 atom stereocenters. The van der Waals surface area contributed by atoms with Crippen LogP contribution in [-0.4, -0.2) is 40.4 Å². The van der Waals surface area contributed by atoms with Gasteiger partial charge in [0.25, 0.3) is 0 Å². The van der Waals surface area contributed by atoms with Crippen LogP contribution in [-0.2, 0) is 4.79 Å². The average molecular weight is 217 g/mol. The third-order valence-corrected chi connectivity index (χ3v) is 2.54. The number of carbonyl (C=O) groups excluding carboxylic acids is 1. The number of likely N-dealkylation sites (N-methyl/N-ethyl adjacent to an activating group) is 1. The van der Waals surface area contributed by atoms with Gasteiger partial charge in [0.15, 0.2) is 11.5 Å². The third kappa shape index (κ3) is 1.80. The molecule has 1 unspecified atom stereocenters. The van der Waals surface area contributed by atoms with Crippen LogP contribution in [0.1, 0.15) is 12.1 Å². The molecule has 1 saturated heterocycles. The molecule has 6 heteroatoms. The van der Waals surface area contributed by atoms with E-state index in [1.807, 2.05) is 6.07 Å². The molecule has 1 aromatic heterocycles. The van der Waals surface area contributed by atoms with Crippen LogP contribution in [0.2, 0.25) is 0 Å². The molecule has 1 aliphatic heterocycles. The van der Waals surface area contributed by atoms with E-state index in [9.17, 15) is 4.79 Å². The van der Waals surface area contributed by atoms with E-state index in [-0.39, 0.29) is 17.6 Å². The van der Waals surface area contributed by atoms with Crippen LogP contribution in [0.25, 0.3) is 0 Å². The van der Waals surface area contributed by atoms with Crippen molar-refractivity contribution in [1.82, 2.24) is 14.9 Å². The molecular weight excluding hydrogens is 206 g/mol. The summed E-state index contributed by atoms with van der Waals surface area (Å²) in [6.07, 6.45) is 3.66. The Labute approximate surface area is 92.9 Å². The maximum absolute atomic E-state index is 11.6. The number of rotatable bonds is 2. The Morgan fingerprint density at radius 2 is 2.31 bits per heavy atom. The van der Waals surface area contributed by atoms with Crippen molar-refractivity contribution in [2.24, 2.45) is 0 Å². The lowest BCUT2D eigenvalue weighted by Crippen LogP contribution is -2.31. The van der Waals surface area contributed by atoms with E-state index in [4.69, 9.17) is 5.26 Å². The number of amides is 1. The summed E-state index contributed by atoms with van der Waals surface area (Å²) in [5.74, 6) is 0.396. The molecule has 0 saturated carbocycles. The largest absolute Gasteiger partial charge is 0.356 e. The second-order valence-electron chi connectivity index (χ2n) is 3.61. The van der Waals surface area contributed by atoms with E-state index in [0.717, 1.165) is 13.0 Å². The van der Waals surface area contributed by atoms with E-state index in [2.05, 4.69) is 15.3 Å². The molecule has 1 aliphatic rings. The van der Waals surface area contributed by atoms with Gasteiger partial charge in [-0.15, -0.1) is 0 Å². The van der Waals surface area contributed by atoms with Gasteiger partial charge < -0.3 is 10.2 Å². The van der Waals surface area contributed by atoms with Gasteiger partial charge in [-0.3, -0.25) is 4.79 Å². The van der Waals surface area contributed by atoms with Gasteiger partial charge in [0.05, 0.1) is 0 Å². The highest BCUT2D eigenvalue weighted by atomic mass is 16.2. The van der Waals surface area contributed by atoms with Gasteiger partial charge in [0.2, 0.25) is 5.91 Å². The van der Waals surface area contributed by atoms with Gasteiger partial charge in [-0.1, -0.05) is 0 Å². The summed E-state index contributed by atoms with van der Waals surface area (Å²) >= 11 is 0. The lowest BCUT2D eigenvalue weighted by molar-refractivity contribution is -0.127. The van der Waals surface area contributed by atoms with Crippen LogP contribution < -0.4 is 5.32 Å². The van der Waals surface area contributed by atoms with Crippen molar-refractivity contribution >= 4 is 11.7 Å². The fourth-order valence-corrected chi connectivity index (χ4v) is 1.65. The number of nitrogens with zero attached hydrogens (tertiary/aromatic N) is 4. The second kappa shape index (κ2) is 4.14. The van der Waals surface area contributed by atoms with Gasteiger partial charge >= 0.3 is 0 Å². The first kappa shape index (κ1) is 10.4. The van der Waals surface area contributed by atoms with Crippen molar-refractivity contribution in [3.8, 4) is 6.07 Å². The van der Waals surface area contributed by atoms with Crippen LogP contribution in [0.4, 0.5) is 5.82 Å². The Balaban J connectivity index is 2.16. The normalized spacial score (nSPS) is 19.6. The highest BCUT2D eigenvalue weighted by Crippen LogP contribution is 2.15. The van der Waals surface area contributed by atoms with Crippen molar-refractivity contribution in [2.45, 2.75) is 12.5 Å². The maximum atomic E-state index is 11.6. The predicted molar refractivity (Wildman–Crippen MR) is 56.4 cm³/mol. The molecule has 82 valence electrons. The number of hydrogen-bond acceptors (Lipinski definition) is 5. The van der Waals surface area contributed by atoms with Crippen LogP contribution in [0.5, 0.6) is 0 Å². The molecule has 0 spiro atoms. The van der Waals surface area contributed by atoms with E-state index in [1.54, 1.807) is 11.9 Å². The monoisotopic (exact) mass is 217 g/mol. The molecule has 1 fully saturated rings. The zero-order chi connectivity index (χ0) is 11.5. The van der Waals surface area contributed by atoms with Crippen molar-refractivity contribution in [1.29, 1.82) is 5.26 Å². The fraction of sp³-hybridized carbons (Fsp3) is 0.400. The molecule has 16 heavy (non-hydrogen) atoms. The minimum Gasteiger partial charge on any atom is -0.356 e. The standard InChI is InChI=1S/C10H11N5O/c1-15-5-2-7(10(15)16)14-9-8(6-11)12-3-4-13-9/h3-4,7H,2,5H2,1H3,(H,13,14). The Bertz CT molecular complexity index is 453. The molecule has 6 nitrogen and oxygen atoms in total. The maximum Gasteiger partial charge on any atom is 0.244 e. The Hall–Kier alpha value is -2.16. The molecule has 2 rings (SSSR count). The quantitative estimate of drug-likeness (QED) is 0.753. The summed E-state index contributed by atoms with van der Waals surface area (Å²) in [6.45, 7) is 0.721. The lowest BCUT2D eigenvalue weighted by atomic mass is 10.2. The summed E-state index contributed by atoms with van der Waals surface area (Å²) in [7, 11) is 1.76. The second-order valence-corrected chi connectivity index (χ2v) is 3.61. The molecule has 1 amide bonds. The minimum atomic E-state index is -0.297. The molecule has 0 aliphatic carbocycles. The fourth-order valence-electron chi connectivity index (χ4n) is 1.65. The van der Waals surface area contributed by atoms with Gasteiger partial charge in [-0.2, -0.15) is 5.26 Å². The lowest BCUT2D eigenvalue weighted by Gasteiger charge is -2.12. The Morgan fingerprint density at radius 1 is 1.56 bits per heavy atom. The third-order valence-electron chi connectivity index (χ3n) is 2.54. The van der Waals surface area contributed by atoms with Crippen molar-refractivity contribution < 1.29 is 4.79 Å². The SMILES string of the molecule is CN1CCC(Nc2nccnc2C#N)C1=O. The molecule has 2 heterocycles. The Kier molecular flexibility index (Phi) is 2.68. The zero-order valence-electron chi connectivity index (χ0n) is 8.84. The predicted octanol–water partition coefficient (Wildman–Crippen LogP) is -0.00912. The zero-order valence-corrected chi connectivity index (χ0v) is 8.84. The van der Waals surface area contributed by atoms with E-state index in [0.29, 0.717) is 5.82 Å². The number of aromatic nitrogens is 2. The Morgan fingerprint density at radius 3 is 2.94 bits per heavy atom.